The Labute approximate surface area is 109 Å². The summed E-state index contributed by atoms with van der Waals surface area (Å²) in [4.78, 5) is 0. The van der Waals surface area contributed by atoms with Crippen molar-refractivity contribution >= 4 is 0 Å². The highest BCUT2D eigenvalue weighted by molar-refractivity contribution is 5.25. The van der Waals surface area contributed by atoms with Gasteiger partial charge in [-0.2, -0.15) is 0 Å². The lowest BCUT2D eigenvalue weighted by molar-refractivity contribution is 0.215. The van der Waals surface area contributed by atoms with Crippen LogP contribution in [0.5, 0.6) is 0 Å². The lowest BCUT2D eigenvalue weighted by Gasteiger charge is -2.23. The first kappa shape index (κ1) is 15.1. The number of aliphatic hydroxyl groups is 1. The van der Waals surface area contributed by atoms with Gasteiger partial charge in [-0.25, -0.2) is 4.39 Å². The van der Waals surface area contributed by atoms with E-state index < -0.39 is 0 Å². The minimum Gasteiger partial charge on any atom is -0.395 e. The van der Waals surface area contributed by atoms with Crippen molar-refractivity contribution in [2.24, 2.45) is 5.92 Å². The van der Waals surface area contributed by atoms with E-state index in [1.807, 2.05) is 13.0 Å². The lowest BCUT2D eigenvalue weighted by Crippen LogP contribution is -2.35. The second-order valence-corrected chi connectivity index (χ2v) is 5.41. The molecule has 102 valence electrons. The normalized spacial score (nSPS) is 14.8. The molecule has 2 unspecified atom stereocenters. The van der Waals surface area contributed by atoms with Gasteiger partial charge in [0.2, 0.25) is 0 Å². The number of rotatable bonds is 6. The van der Waals surface area contributed by atoms with Crippen molar-refractivity contribution in [2.45, 2.75) is 46.2 Å². The molecule has 0 saturated heterocycles. The summed E-state index contributed by atoms with van der Waals surface area (Å²) in [6, 6.07) is 5.39. The van der Waals surface area contributed by atoms with E-state index in [1.54, 1.807) is 19.1 Å². The first-order valence-corrected chi connectivity index (χ1v) is 6.57. The van der Waals surface area contributed by atoms with Crippen molar-refractivity contribution < 1.29 is 9.50 Å². The van der Waals surface area contributed by atoms with Crippen LogP contribution < -0.4 is 5.32 Å². The highest BCUT2D eigenvalue weighted by Gasteiger charge is 2.14. The van der Waals surface area contributed by atoms with E-state index in [-0.39, 0.29) is 24.5 Å². The fraction of sp³-hybridized carbons (Fsp3) is 0.600. The molecule has 2 N–H and O–H groups in total. The summed E-state index contributed by atoms with van der Waals surface area (Å²) < 4.78 is 13.5. The molecule has 2 nitrogen and oxygen atoms in total. The van der Waals surface area contributed by atoms with Gasteiger partial charge in [0, 0.05) is 12.1 Å². The molecule has 0 amide bonds. The molecule has 2 atom stereocenters. The van der Waals surface area contributed by atoms with Crippen molar-refractivity contribution in [3.8, 4) is 0 Å². The predicted molar refractivity (Wildman–Crippen MR) is 73.0 cm³/mol. The zero-order valence-corrected chi connectivity index (χ0v) is 11.7. The highest BCUT2D eigenvalue weighted by Crippen LogP contribution is 2.18. The zero-order valence-electron chi connectivity index (χ0n) is 11.7. The second-order valence-electron chi connectivity index (χ2n) is 5.41. The van der Waals surface area contributed by atoms with Crippen molar-refractivity contribution in [3.05, 3.63) is 35.1 Å². The third-order valence-corrected chi connectivity index (χ3v) is 3.16. The molecule has 0 aliphatic rings. The molecule has 0 bridgehead atoms. The Morgan fingerprint density at radius 1 is 1.28 bits per heavy atom. The highest BCUT2D eigenvalue weighted by atomic mass is 19.1. The third kappa shape index (κ3) is 4.39. The van der Waals surface area contributed by atoms with Crippen LogP contribution in [-0.4, -0.2) is 17.8 Å². The summed E-state index contributed by atoms with van der Waals surface area (Å²) in [7, 11) is 0. The summed E-state index contributed by atoms with van der Waals surface area (Å²) >= 11 is 0. The Bertz CT molecular complexity index is 379. The van der Waals surface area contributed by atoms with Crippen LogP contribution in [0.4, 0.5) is 4.39 Å². The van der Waals surface area contributed by atoms with E-state index >= 15 is 0 Å². The van der Waals surface area contributed by atoms with Gasteiger partial charge < -0.3 is 10.4 Å². The number of aryl methyl sites for hydroxylation is 1. The fourth-order valence-electron chi connectivity index (χ4n) is 2.09. The molecule has 1 aromatic rings. The molecule has 0 radical (unpaired) electrons. The molecule has 0 aliphatic heterocycles. The molecule has 0 heterocycles. The smallest absolute Gasteiger partial charge is 0.126 e. The van der Waals surface area contributed by atoms with Crippen LogP contribution in [0.3, 0.4) is 0 Å². The second kappa shape index (κ2) is 6.86. The zero-order chi connectivity index (χ0) is 13.7. The molecule has 0 spiro atoms. The van der Waals surface area contributed by atoms with E-state index in [2.05, 4.69) is 19.2 Å². The van der Waals surface area contributed by atoms with E-state index in [0.717, 1.165) is 12.0 Å². The quantitative estimate of drug-likeness (QED) is 0.816. The first-order valence-electron chi connectivity index (χ1n) is 6.57. The minimum atomic E-state index is -0.175. The van der Waals surface area contributed by atoms with Crippen LogP contribution in [-0.2, 0) is 0 Å². The van der Waals surface area contributed by atoms with Gasteiger partial charge in [-0.3, -0.25) is 0 Å². The Kier molecular flexibility index (Phi) is 5.76. The average molecular weight is 253 g/mol. The fourth-order valence-corrected chi connectivity index (χ4v) is 2.09. The molecule has 0 aliphatic carbocycles. The van der Waals surface area contributed by atoms with Crippen molar-refractivity contribution in [1.82, 2.24) is 5.32 Å². The molecule has 1 aromatic carbocycles. The van der Waals surface area contributed by atoms with Gasteiger partial charge in [0.15, 0.2) is 0 Å². The van der Waals surface area contributed by atoms with Crippen LogP contribution in [0.25, 0.3) is 0 Å². The maximum Gasteiger partial charge on any atom is 0.126 e. The Hall–Kier alpha value is -0.930. The van der Waals surface area contributed by atoms with Crippen molar-refractivity contribution in [2.75, 3.05) is 6.61 Å². The van der Waals surface area contributed by atoms with Gasteiger partial charge >= 0.3 is 0 Å². The van der Waals surface area contributed by atoms with Gasteiger partial charge in [0.05, 0.1) is 6.61 Å². The SMILES string of the molecule is Cc1ccc(C(C)NC(CO)CC(C)C)cc1F. The number of benzene rings is 1. The molecule has 0 aromatic heterocycles. The van der Waals surface area contributed by atoms with E-state index in [1.165, 1.54) is 0 Å². The average Bonchev–Trinajstić information content (AvgIpc) is 2.31. The van der Waals surface area contributed by atoms with Crippen LogP contribution >= 0.6 is 0 Å². The van der Waals surface area contributed by atoms with E-state index in [4.69, 9.17) is 0 Å². The number of hydrogen-bond donors (Lipinski definition) is 2. The predicted octanol–water partition coefficient (Wildman–Crippen LogP) is 3.19. The van der Waals surface area contributed by atoms with Crippen molar-refractivity contribution in [3.63, 3.8) is 0 Å². The van der Waals surface area contributed by atoms with E-state index in [9.17, 15) is 9.50 Å². The molecular formula is C15H24FNO. The topological polar surface area (TPSA) is 32.3 Å². The summed E-state index contributed by atoms with van der Waals surface area (Å²) in [5, 5.41) is 12.7. The van der Waals surface area contributed by atoms with E-state index in [0.29, 0.717) is 11.5 Å². The van der Waals surface area contributed by atoms with Gasteiger partial charge in [0.1, 0.15) is 5.82 Å². The largest absolute Gasteiger partial charge is 0.395 e. The number of nitrogens with one attached hydrogen (secondary N) is 1. The third-order valence-electron chi connectivity index (χ3n) is 3.16. The van der Waals surface area contributed by atoms with Crippen LogP contribution in [0.15, 0.2) is 18.2 Å². The lowest BCUT2D eigenvalue weighted by atomic mass is 10.0. The molecular weight excluding hydrogens is 229 g/mol. The molecule has 18 heavy (non-hydrogen) atoms. The standard InChI is InChI=1S/C15H24FNO/c1-10(2)7-14(9-18)17-12(4)13-6-5-11(3)15(16)8-13/h5-6,8,10,12,14,17-18H,7,9H2,1-4H3. The van der Waals surface area contributed by atoms with Gasteiger partial charge in [-0.1, -0.05) is 26.0 Å². The first-order chi connectivity index (χ1) is 8.43. The molecule has 0 saturated carbocycles. The maximum atomic E-state index is 13.5. The minimum absolute atomic E-state index is 0.0380. The van der Waals surface area contributed by atoms with Crippen LogP contribution in [0.2, 0.25) is 0 Å². The van der Waals surface area contributed by atoms with Crippen LogP contribution in [0, 0.1) is 18.7 Å². The van der Waals surface area contributed by atoms with Crippen LogP contribution in [0.1, 0.15) is 44.4 Å². The molecule has 3 heteroatoms. The summed E-state index contributed by atoms with van der Waals surface area (Å²) in [6.45, 7) is 8.11. The Morgan fingerprint density at radius 3 is 2.44 bits per heavy atom. The molecule has 1 rings (SSSR count). The molecule has 0 fully saturated rings. The summed E-state index contributed by atoms with van der Waals surface area (Å²) in [5.41, 5.74) is 1.58. The van der Waals surface area contributed by atoms with Gasteiger partial charge in [0.25, 0.3) is 0 Å². The number of hydrogen-bond acceptors (Lipinski definition) is 2. The number of halogens is 1. The Morgan fingerprint density at radius 2 is 1.94 bits per heavy atom. The van der Waals surface area contributed by atoms with Gasteiger partial charge in [-0.05, 0) is 43.4 Å². The summed E-state index contributed by atoms with van der Waals surface area (Å²) in [5.74, 6) is 0.349. The van der Waals surface area contributed by atoms with Gasteiger partial charge in [-0.15, -0.1) is 0 Å². The number of aliphatic hydroxyl groups excluding tert-OH is 1. The Balaban J connectivity index is 2.68. The van der Waals surface area contributed by atoms with Crippen molar-refractivity contribution in [1.29, 1.82) is 0 Å². The monoisotopic (exact) mass is 253 g/mol. The maximum absolute atomic E-state index is 13.5. The summed E-state index contributed by atoms with van der Waals surface area (Å²) in [6.07, 6.45) is 0.912.